The molecular weight excluding hydrogens is 228 g/mol. The Hall–Kier alpha value is -0.440. The van der Waals surface area contributed by atoms with Gasteiger partial charge in [0.1, 0.15) is 17.7 Å². The minimum Gasteiger partial charge on any atom is -0.480 e. The molecule has 0 heterocycles. The van der Waals surface area contributed by atoms with Gasteiger partial charge >= 0.3 is 11.9 Å². The van der Waals surface area contributed by atoms with Crippen molar-refractivity contribution in [1.29, 1.82) is 0 Å². The highest BCUT2D eigenvalue weighted by Gasteiger charge is 2.14. The topological polar surface area (TPSA) is 127 Å². The average molecular weight is 244 g/mol. The quantitative estimate of drug-likeness (QED) is 0.306. The Balaban J connectivity index is 4.04. The summed E-state index contributed by atoms with van der Waals surface area (Å²) in [5, 5.41) is 17.3. The van der Waals surface area contributed by atoms with Crippen LogP contribution in [0.1, 0.15) is 0 Å². The minimum atomic E-state index is -1.31. The summed E-state index contributed by atoms with van der Waals surface area (Å²) < 4.78 is 27.4. The van der Waals surface area contributed by atoms with E-state index in [1.165, 1.54) is 0 Å². The van der Waals surface area contributed by atoms with E-state index in [9.17, 15) is 9.59 Å². The first-order valence-corrected chi connectivity index (χ1v) is 6.00. The first-order chi connectivity index (χ1) is 8.27. The molecule has 0 fully saturated rings. The third kappa shape index (κ3) is 6.08. The highest BCUT2D eigenvalue weighted by atomic mass is 33.1. The van der Waals surface area contributed by atoms with E-state index >= 15 is 0 Å². The van der Waals surface area contributed by atoms with Crippen molar-refractivity contribution in [2.24, 2.45) is 11.4 Å². The second-order valence-corrected chi connectivity index (χ2v) is 4.83. The first kappa shape index (κ1) is 7.80. The third-order valence-corrected chi connectivity index (χ3v) is 3.49. The Morgan fingerprint density at radius 1 is 1.14 bits per heavy atom. The Bertz CT molecular complexity index is 269. The molecule has 0 aliphatic heterocycles. The van der Waals surface area contributed by atoms with Crippen molar-refractivity contribution >= 4 is 33.5 Å². The maximum Gasteiger partial charge on any atom is 0.321 e. The van der Waals surface area contributed by atoms with Gasteiger partial charge in [-0.25, -0.2) is 0 Å². The van der Waals surface area contributed by atoms with Gasteiger partial charge in [0.15, 0.2) is 0 Å². The molecule has 0 aromatic heterocycles. The summed E-state index contributed by atoms with van der Waals surface area (Å²) in [6, 6.07) is -2.62. The largest absolute Gasteiger partial charge is 0.480 e. The number of nitrogens with two attached hydrogens (primary N) is 2. The molecule has 0 bridgehead atoms. The molecule has 14 heavy (non-hydrogen) atoms. The van der Waals surface area contributed by atoms with Gasteiger partial charge in [0.05, 0.1) is 0 Å². The summed E-state index contributed by atoms with van der Waals surface area (Å²) in [5.41, 5.74) is 0.123. The van der Waals surface area contributed by atoms with Crippen LogP contribution in [0.2, 0.25) is 5.65 Å². The van der Waals surface area contributed by atoms with Crippen molar-refractivity contribution in [3.8, 4) is 0 Å². The lowest BCUT2D eigenvalue weighted by molar-refractivity contribution is -0.138. The van der Waals surface area contributed by atoms with Crippen molar-refractivity contribution in [1.82, 2.24) is 0 Å². The number of aliphatic carboxylic acids is 2. The second kappa shape index (κ2) is 6.93. The molecule has 0 rings (SSSR count). The van der Waals surface area contributed by atoms with E-state index in [0.29, 0.717) is 0 Å². The molecule has 0 spiro atoms. The molecular formula is C6H12N2O4S2. The highest BCUT2D eigenvalue weighted by molar-refractivity contribution is 8.76. The SMILES string of the molecule is [2H]N([2H])[C@@H](CSSC[C@@H](C(=O)O)N([2H])[2H])C(=O)O. The fourth-order valence-electron chi connectivity index (χ4n) is 0.368. The molecule has 0 unspecified atom stereocenters. The smallest absolute Gasteiger partial charge is 0.321 e. The van der Waals surface area contributed by atoms with Crippen LogP contribution in [0, 0.1) is 0 Å². The van der Waals surface area contributed by atoms with Crippen LogP contribution in [0.4, 0.5) is 0 Å². The van der Waals surface area contributed by atoms with Crippen LogP contribution in [0.3, 0.4) is 0 Å². The van der Waals surface area contributed by atoms with E-state index in [1.54, 1.807) is 0 Å². The van der Waals surface area contributed by atoms with E-state index in [0.717, 1.165) is 21.6 Å². The number of carboxylic acid groups (broad SMARTS) is 2. The highest BCUT2D eigenvalue weighted by Crippen LogP contribution is 2.22. The Kier molecular flexibility index (Phi) is 3.86. The molecule has 0 aromatic carbocycles. The van der Waals surface area contributed by atoms with Gasteiger partial charge in [-0.2, -0.15) is 0 Å². The van der Waals surface area contributed by atoms with E-state index in [-0.39, 0.29) is 22.9 Å². The molecule has 2 atom stereocenters. The summed E-state index contributed by atoms with van der Waals surface area (Å²) >= 11 is 0. The van der Waals surface area contributed by atoms with Gasteiger partial charge in [-0.05, 0) is 0 Å². The molecule has 0 aliphatic rings. The fraction of sp³-hybridized carbons (Fsp3) is 0.667. The minimum absolute atomic E-state index is 0.0614. The standard InChI is InChI=1S/C6H12N2O4S2/c7-3(5(9)10)1-13-14-2-4(8)6(11)12/h3-4H,1-2,7-8H2,(H,9,10)(H,11,12)/t3-,4-/m0/s1/i/hD4. The number of carbonyl (C=O) groups is 2. The lowest BCUT2D eigenvalue weighted by Gasteiger charge is -2.07. The van der Waals surface area contributed by atoms with Crippen molar-refractivity contribution < 1.29 is 25.4 Å². The Morgan fingerprint density at radius 2 is 1.50 bits per heavy atom. The van der Waals surface area contributed by atoms with Gasteiger partial charge in [-0.1, -0.05) is 21.6 Å². The maximum atomic E-state index is 10.6. The van der Waals surface area contributed by atoms with Crippen LogP contribution in [-0.4, -0.2) is 45.7 Å². The van der Waals surface area contributed by atoms with Crippen LogP contribution in [0.15, 0.2) is 0 Å². The van der Waals surface area contributed by atoms with Crippen LogP contribution in [0.5, 0.6) is 0 Å². The summed E-state index contributed by atoms with van der Waals surface area (Å²) in [5.74, 6) is -2.78. The molecule has 6 N–H and O–H groups in total. The molecule has 0 aliphatic carbocycles. The lowest BCUT2D eigenvalue weighted by atomic mass is 10.4. The van der Waals surface area contributed by atoms with Crippen LogP contribution in [0.25, 0.3) is 0 Å². The average Bonchev–Trinajstić information content (AvgIpc) is 2.20. The predicted octanol–water partition coefficient (Wildman–Crippen LogP) is -0.808. The summed E-state index contributed by atoms with van der Waals surface area (Å²) in [6.45, 7) is 0. The van der Waals surface area contributed by atoms with Gasteiger partial charge in [0.25, 0.3) is 0 Å². The van der Waals surface area contributed by atoms with Gasteiger partial charge < -0.3 is 21.7 Å². The maximum absolute atomic E-state index is 10.6. The normalized spacial score (nSPS) is 19.3. The van der Waals surface area contributed by atoms with Crippen LogP contribution < -0.4 is 11.4 Å². The predicted molar refractivity (Wildman–Crippen MR) is 56.1 cm³/mol. The van der Waals surface area contributed by atoms with E-state index in [4.69, 9.17) is 15.9 Å². The second-order valence-electron chi connectivity index (χ2n) is 2.28. The molecule has 0 amide bonds. The van der Waals surface area contributed by atoms with Gasteiger partial charge in [0, 0.05) is 11.5 Å². The zero-order valence-corrected chi connectivity index (χ0v) is 8.62. The molecule has 82 valence electrons. The van der Waals surface area contributed by atoms with E-state index in [2.05, 4.69) is 0 Å². The molecule has 0 aromatic rings. The zero-order chi connectivity index (χ0) is 14.3. The summed E-state index contributed by atoms with van der Waals surface area (Å²) in [4.78, 5) is 21.2. The van der Waals surface area contributed by atoms with Crippen LogP contribution >= 0.6 is 21.6 Å². The van der Waals surface area contributed by atoms with E-state index < -0.39 is 24.0 Å². The van der Waals surface area contributed by atoms with Gasteiger partial charge in [-0.15, -0.1) is 0 Å². The monoisotopic (exact) mass is 244 g/mol. The molecule has 0 saturated carbocycles. The fourth-order valence-corrected chi connectivity index (χ4v) is 2.45. The third-order valence-electron chi connectivity index (χ3n) is 1.11. The molecule has 6 nitrogen and oxygen atoms in total. The summed E-state index contributed by atoms with van der Waals surface area (Å²) in [6.07, 6.45) is 0. The van der Waals surface area contributed by atoms with Crippen molar-refractivity contribution in [2.45, 2.75) is 12.1 Å². The Labute approximate surface area is 94.7 Å². The first-order valence-electron chi connectivity index (χ1n) is 5.30. The Morgan fingerprint density at radius 3 is 1.71 bits per heavy atom. The molecule has 8 heteroatoms. The molecule has 0 radical (unpaired) electrons. The number of hydrogen-bond donors (Lipinski definition) is 4. The number of rotatable bonds is 9. The van der Waals surface area contributed by atoms with Crippen molar-refractivity contribution in [2.75, 3.05) is 11.5 Å². The molecule has 0 saturated heterocycles. The van der Waals surface area contributed by atoms with Gasteiger partial charge in [0.2, 0.25) is 0 Å². The lowest BCUT2D eigenvalue weighted by Crippen LogP contribution is -2.33. The van der Waals surface area contributed by atoms with Crippen molar-refractivity contribution in [3.63, 3.8) is 0 Å². The number of carboxylic acids is 2. The van der Waals surface area contributed by atoms with Crippen LogP contribution in [-0.2, 0) is 9.59 Å². The summed E-state index contributed by atoms with van der Waals surface area (Å²) in [7, 11) is 1.96. The number of hydrogen-bond acceptors (Lipinski definition) is 6. The van der Waals surface area contributed by atoms with E-state index in [1.807, 2.05) is 0 Å². The van der Waals surface area contributed by atoms with Gasteiger partial charge in [-0.3, -0.25) is 9.59 Å². The zero-order valence-electron chi connectivity index (χ0n) is 11.0. The van der Waals surface area contributed by atoms with Crippen molar-refractivity contribution in [3.05, 3.63) is 0 Å².